The van der Waals surface area contributed by atoms with Gasteiger partial charge in [0, 0.05) is 5.56 Å². The third kappa shape index (κ3) is 3.14. The summed E-state index contributed by atoms with van der Waals surface area (Å²) in [5, 5.41) is 3.37. The van der Waals surface area contributed by atoms with Crippen LogP contribution in [0.4, 0.5) is 5.82 Å². The van der Waals surface area contributed by atoms with Gasteiger partial charge in [0.25, 0.3) is 0 Å². The molecule has 0 radical (unpaired) electrons. The fraction of sp³-hybridized carbons (Fsp3) is 0.350. The summed E-state index contributed by atoms with van der Waals surface area (Å²) >= 11 is 0. The molecule has 1 unspecified atom stereocenters. The lowest BCUT2D eigenvalue weighted by atomic mass is 10.1. The lowest BCUT2D eigenvalue weighted by Gasteiger charge is -2.20. The number of rotatable bonds is 3. The first kappa shape index (κ1) is 15.8. The van der Waals surface area contributed by atoms with Gasteiger partial charge in [-0.05, 0) is 37.8 Å². The minimum absolute atomic E-state index is 0.259. The molecule has 0 amide bonds. The highest BCUT2D eigenvalue weighted by Gasteiger charge is 2.22. The smallest absolute Gasteiger partial charge is 0.183 e. The van der Waals surface area contributed by atoms with Crippen LogP contribution in [0.3, 0.4) is 0 Å². The van der Waals surface area contributed by atoms with Gasteiger partial charge in [-0.15, -0.1) is 0 Å². The normalized spacial score (nSPS) is 18.9. The largest absolute Gasteiger partial charge is 0.488 e. The van der Waals surface area contributed by atoms with E-state index in [1.807, 2.05) is 30.3 Å². The number of nitrogens with one attached hydrogen (secondary N) is 1. The van der Waals surface area contributed by atoms with Gasteiger partial charge in [0.15, 0.2) is 17.4 Å². The molecule has 0 spiro atoms. The standard InChI is InChI=1S/C20H22N4O/c1-3-15-13(2)12-17(21-15)23-20-18-16(10-7-11-25-18)22-19(24-20)14-8-5-4-6-9-14/h4-6,8-9,12,15H,3,7,10-11H2,1-2H3,(H,21,22,23,24). The van der Waals surface area contributed by atoms with Gasteiger partial charge in [-0.2, -0.15) is 0 Å². The van der Waals surface area contributed by atoms with E-state index >= 15 is 0 Å². The molecule has 1 aromatic carbocycles. The molecular weight excluding hydrogens is 312 g/mol. The maximum absolute atomic E-state index is 5.87. The number of nitrogens with zero attached hydrogens (tertiary/aromatic N) is 3. The van der Waals surface area contributed by atoms with E-state index < -0.39 is 0 Å². The molecule has 2 aliphatic rings. The average molecular weight is 334 g/mol. The number of fused-ring (bicyclic) bond motifs is 1. The van der Waals surface area contributed by atoms with Crippen LogP contribution in [0.15, 0.2) is 47.0 Å². The second-order valence-electron chi connectivity index (χ2n) is 6.44. The molecule has 5 heteroatoms. The molecule has 5 nitrogen and oxygen atoms in total. The van der Waals surface area contributed by atoms with Gasteiger partial charge >= 0.3 is 0 Å². The van der Waals surface area contributed by atoms with Gasteiger partial charge in [0.2, 0.25) is 0 Å². The Hall–Kier alpha value is -2.69. The molecule has 1 N–H and O–H groups in total. The number of amidine groups is 1. The molecule has 4 rings (SSSR count). The Kier molecular flexibility index (Phi) is 4.22. The van der Waals surface area contributed by atoms with E-state index in [2.05, 4.69) is 25.2 Å². The summed E-state index contributed by atoms with van der Waals surface area (Å²) in [6, 6.07) is 10.3. The van der Waals surface area contributed by atoms with Crippen molar-refractivity contribution in [3.63, 3.8) is 0 Å². The molecule has 1 atom stereocenters. The highest BCUT2D eigenvalue weighted by atomic mass is 16.5. The van der Waals surface area contributed by atoms with Crippen LogP contribution in [-0.2, 0) is 6.42 Å². The van der Waals surface area contributed by atoms with E-state index in [1.165, 1.54) is 5.57 Å². The molecule has 0 fully saturated rings. The predicted molar refractivity (Wildman–Crippen MR) is 100 cm³/mol. The van der Waals surface area contributed by atoms with E-state index in [1.54, 1.807) is 0 Å². The van der Waals surface area contributed by atoms with E-state index in [-0.39, 0.29) is 6.04 Å². The van der Waals surface area contributed by atoms with Crippen LogP contribution in [0.25, 0.3) is 11.4 Å². The van der Waals surface area contributed by atoms with Crippen molar-refractivity contribution in [2.45, 2.75) is 39.2 Å². The Morgan fingerprint density at radius 3 is 2.80 bits per heavy atom. The van der Waals surface area contributed by atoms with E-state index in [0.29, 0.717) is 12.4 Å². The second-order valence-corrected chi connectivity index (χ2v) is 6.44. The first-order valence-corrected chi connectivity index (χ1v) is 8.86. The summed E-state index contributed by atoms with van der Waals surface area (Å²) in [4.78, 5) is 14.2. The number of aryl methyl sites for hydroxylation is 1. The van der Waals surface area contributed by atoms with E-state index in [9.17, 15) is 0 Å². The van der Waals surface area contributed by atoms with Crippen molar-refractivity contribution in [2.75, 3.05) is 11.9 Å². The van der Waals surface area contributed by atoms with Gasteiger partial charge in [-0.3, -0.25) is 4.99 Å². The lowest BCUT2D eigenvalue weighted by molar-refractivity contribution is 0.285. The summed E-state index contributed by atoms with van der Waals surface area (Å²) in [6.07, 6.45) is 4.98. The Morgan fingerprint density at radius 1 is 1.20 bits per heavy atom. The second kappa shape index (κ2) is 6.67. The molecule has 0 aliphatic carbocycles. The minimum Gasteiger partial charge on any atom is -0.488 e. The zero-order valence-corrected chi connectivity index (χ0v) is 14.6. The van der Waals surface area contributed by atoms with Crippen molar-refractivity contribution in [2.24, 2.45) is 4.99 Å². The monoisotopic (exact) mass is 334 g/mol. The summed E-state index contributed by atoms with van der Waals surface area (Å²) in [5.74, 6) is 3.04. The lowest BCUT2D eigenvalue weighted by Crippen LogP contribution is -2.17. The van der Waals surface area contributed by atoms with Crippen LogP contribution in [0.1, 0.15) is 32.4 Å². The van der Waals surface area contributed by atoms with Crippen LogP contribution in [0.5, 0.6) is 5.75 Å². The Bertz CT molecular complexity index is 842. The quantitative estimate of drug-likeness (QED) is 0.921. The van der Waals surface area contributed by atoms with Gasteiger partial charge in [0.1, 0.15) is 5.84 Å². The number of aromatic nitrogens is 2. The summed E-state index contributed by atoms with van der Waals surface area (Å²) < 4.78 is 5.87. The van der Waals surface area contributed by atoms with Gasteiger partial charge in [-0.1, -0.05) is 37.3 Å². The van der Waals surface area contributed by atoms with Crippen LogP contribution >= 0.6 is 0 Å². The molecule has 25 heavy (non-hydrogen) atoms. The van der Waals surface area contributed by atoms with Crippen molar-refractivity contribution in [3.8, 4) is 17.1 Å². The van der Waals surface area contributed by atoms with E-state index in [0.717, 1.165) is 47.9 Å². The zero-order chi connectivity index (χ0) is 17.2. The summed E-state index contributed by atoms with van der Waals surface area (Å²) in [6.45, 7) is 4.97. The molecule has 128 valence electrons. The van der Waals surface area contributed by atoms with Crippen LogP contribution in [0, 0.1) is 0 Å². The molecular formula is C20H22N4O. The first-order chi connectivity index (χ1) is 12.2. The third-order valence-electron chi connectivity index (χ3n) is 4.59. The van der Waals surface area contributed by atoms with Crippen molar-refractivity contribution in [3.05, 3.63) is 47.7 Å². The number of benzene rings is 1. The SMILES string of the molecule is CCC1N=C(Nc2nc(-c3ccccc3)nc3c2OCCC3)C=C1C. The van der Waals surface area contributed by atoms with Crippen LogP contribution in [-0.4, -0.2) is 28.5 Å². The summed E-state index contributed by atoms with van der Waals surface area (Å²) in [7, 11) is 0. The van der Waals surface area contributed by atoms with Crippen molar-refractivity contribution >= 4 is 11.7 Å². The zero-order valence-electron chi connectivity index (χ0n) is 14.6. The highest BCUT2D eigenvalue weighted by Crippen LogP contribution is 2.33. The van der Waals surface area contributed by atoms with Crippen LogP contribution < -0.4 is 10.1 Å². The Morgan fingerprint density at radius 2 is 2.04 bits per heavy atom. The van der Waals surface area contributed by atoms with Gasteiger partial charge in [-0.25, -0.2) is 9.97 Å². The van der Waals surface area contributed by atoms with Gasteiger partial charge < -0.3 is 10.1 Å². The molecule has 3 heterocycles. The first-order valence-electron chi connectivity index (χ1n) is 8.86. The fourth-order valence-electron chi connectivity index (χ4n) is 3.25. The molecule has 2 aliphatic heterocycles. The van der Waals surface area contributed by atoms with Gasteiger partial charge in [0.05, 0.1) is 18.3 Å². The Labute approximate surface area is 147 Å². The fourth-order valence-corrected chi connectivity index (χ4v) is 3.25. The van der Waals surface area contributed by atoms with Crippen molar-refractivity contribution < 1.29 is 4.74 Å². The molecule has 1 aromatic heterocycles. The summed E-state index contributed by atoms with van der Waals surface area (Å²) in [5.41, 5.74) is 3.25. The molecule has 0 saturated carbocycles. The number of anilines is 1. The number of hydrogen-bond acceptors (Lipinski definition) is 5. The maximum Gasteiger partial charge on any atom is 0.183 e. The molecule has 0 bridgehead atoms. The maximum atomic E-state index is 5.87. The molecule has 2 aromatic rings. The number of ether oxygens (including phenoxy) is 1. The molecule has 0 saturated heterocycles. The number of hydrogen-bond donors (Lipinski definition) is 1. The van der Waals surface area contributed by atoms with Crippen LogP contribution in [0.2, 0.25) is 0 Å². The number of aliphatic imine (C=N–C) groups is 1. The highest BCUT2D eigenvalue weighted by molar-refractivity contribution is 6.06. The predicted octanol–water partition coefficient (Wildman–Crippen LogP) is 4.02. The Balaban J connectivity index is 1.73. The van der Waals surface area contributed by atoms with Crippen molar-refractivity contribution in [1.82, 2.24) is 9.97 Å². The third-order valence-corrected chi connectivity index (χ3v) is 4.59. The minimum atomic E-state index is 0.259. The average Bonchev–Trinajstić information content (AvgIpc) is 3.01. The topological polar surface area (TPSA) is 59.4 Å². The van der Waals surface area contributed by atoms with E-state index in [4.69, 9.17) is 19.7 Å². The van der Waals surface area contributed by atoms with Crippen molar-refractivity contribution in [1.29, 1.82) is 0 Å².